The number of aromatic nitrogens is 5. The number of carbonyl (C=O) groups is 1. The number of carbonyl (C=O) groups excluding carboxylic acids is 1. The van der Waals surface area contributed by atoms with E-state index in [1.807, 2.05) is 0 Å². The standard InChI is InChI=1S/C21H24FN5O2/c1-26-20-17(12-25-26)21(29)27(13-24-20)18(9-14-5-3-2-4-6-14)19(28)10-16-8-7-15(22)11-23-16/h7-8,11-14,18H,2-6,9-10H2,1H3. The molecule has 0 amide bonds. The summed E-state index contributed by atoms with van der Waals surface area (Å²) in [7, 11) is 1.73. The molecule has 152 valence electrons. The summed E-state index contributed by atoms with van der Waals surface area (Å²) in [5.74, 6) is -0.153. The lowest BCUT2D eigenvalue weighted by atomic mass is 9.83. The largest absolute Gasteiger partial charge is 0.297 e. The molecule has 0 spiro atoms. The molecule has 1 fully saturated rings. The zero-order valence-corrected chi connectivity index (χ0v) is 16.4. The Morgan fingerprint density at radius 2 is 2.00 bits per heavy atom. The van der Waals surface area contributed by atoms with Crippen molar-refractivity contribution in [3.8, 4) is 0 Å². The highest BCUT2D eigenvalue weighted by Crippen LogP contribution is 2.31. The number of ketones is 1. The van der Waals surface area contributed by atoms with Gasteiger partial charge in [-0.25, -0.2) is 9.37 Å². The molecular weight excluding hydrogens is 373 g/mol. The van der Waals surface area contributed by atoms with Crippen molar-refractivity contribution in [2.24, 2.45) is 13.0 Å². The quantitative estimate of drug-likeness (QED) is 0.639. The third kappa shape index (κ3) is 4.11. The highest BCUT2D eigenvalue weighted by Gasteiger charge is 2.28. The lowest BCUT2D eigenvalue weighted by Gasteiger charge is -2.27. The topological polar surface area (TPSA) is 82.7 Å². The fourth-order valence-electron chi connectivity index (χ4n) is 4.21. The summed E-state index contributed by atoms with van der Waals surface area (Å²) in [5.41, 5.74) is 0.730. The van der Waals surface area contributed by atoms with Crippen LogP contribution in [-0.2, 0) is 18.3 Å². The molecule has 1 aliphatic rings. The zero-order chi connectivity index (χ0) is 20.4. The average molecular weight is 397 g/mol. The Labute approximate surface area is 167 Å². The van der Waals surface area contributed by atoms with Crippen molar-refractivity contribution in [2.45, 2.75) is 51.0 Å². The molecule has 0 aliphatic heterocycles. The summed E-state index contributed by atoms with van der Waals surface area (Å²) in [6.45, 7) is 0. The van der Waals surface area contributed by atoms with Crippen molar-refractivity contribution in [3.05, 3.63) is 52.7 Å². The smallest absolute Gasteiger partial charge is 0.265 e. The molecule has 7 nitrogen and oxygen atoms in total. The second kappa shape index (κ2) is 8.23. The van der Waals surface area contributed by atoms with Crippen LogP contribution in [0, 0.1) is 11.7 Å². The van der Waals surface area contributed by atoms with Crippen LogP contribution in [0.3, 0.4) is 0 Å². The third-order valence-corrected chi connectivity index (χ3v) is 5.81. The van der Waals surface area contributed by atoms with Crippen LogP contribution in [0.25, 0.3) is 11.0 Å². The van der Waals surface area contributed by atoms with Crippen molar-refractivity contribution in [1.29, 1.82) is 0 Å². The van der Waals surface area contributed by atoms with Crippen LogP contribution < -0.4 is 5.56 Å². The van der Waals surface area contributed by atoms with E-state index in [1.54, 1.807) is 11.7 Å². The number of hydrogen-bond acceptors (Lipinski definition) is 5. The Bertz CT molecular complexity index is 1070. The number of fused-ring (bicyclic) bond motifs is 1. The molecule has 1 aliphatic carbocycles. The molecule has 0 bridgehead atoms. The lowest BCUT2D eigenvalue weighted by Crippen LogP contribution is -2.33. The minimum absolute atomic E-state index is 0.0508. The van der Waals surface area contributed by atoms with E-state index >= 15 is 0 Å². The van der Waals surface area contributed by atoms with E-state index in [2.05, 4.69) is 15.1 Å². The maximum absolute atomic E-state index is 13.2. The molecular formula is C21H24FN5O2. The summed E-state index contributed by atoms with van der Waals surface area (Å²) in [4.78, 5) is 34.7. The minimum atomic E-state index is -0.616. The molecule has 4 rings (SSSR count). The van der Waals surface area contributed by atoms with Crippen molar-refractivity contribution < 1.29 is 9.18 Å². The molecule has 29 heavy (non-hydrogen) atoms. The van der Waals surface area contributed by atoms with E-state index in [9.17, 15) is 14.0 Å². The van der Waals surface area contributed by atoms with E-state index in [-0.39, 0.29) is 17.8 Å². The van der Waals surface area contributed by atoms with Crippen molar-refractivity contribution in [1.82, 2.24) is 24.3 Å². The van der Waals surface area contributed by atoms with Gasteiger partial charge in [0.15, 0.2) is 11.4 Å². The highest BCUT2D eigenvalue weighted by atomic mass is 19.1. The maximum atomic E-state index is 13.2. The predicted molar refractivity (Wildman–Crippen MR) is 106 cm³/mol. The number of aryl methyl sites for hydroxylation is 1. The number of rotatable bonds is 6. The van der Waals surface area contributed by atoms with Gasteiger partial charge in [0.05, 0.1) is 24.9 Å². The van der Waals surface area contributed by atoms with Crippen LogP contribution in [0.5, 0.6) is 0 Å². The third-order valence-electron chi connectivity index (χ3n) is 5.81. The van der Waals surface area contributed by atoms with Gasteiger partial charge in [-0.1, -0.05) is 32.1 Å². The molecule has 3 heterocycles. The molecule has 0 aromatic carbocycles. The van der Waals surface area contributed by atoms with E-state index in [1.165, 1.54) is 35.6 Å². The molecule has 1 unspecified atom stereocenters. The SMILES string of the molecule is Cn1ncc2c(=O)n(C(CC3CCCCC3)C(=O)Cc3ccc(F)cn3)cnc21. The Morgan fingerprint density at radius 3 is 2.72 bits per heavy atom. The number of hydrogen-bond donors (Lipinski definition) is 0. The van der Waals surface area contributed by atoms with Crippen LogP contribution in [0.2, 0.25) is 0 Å². The van der Waals surface area contributed by atoms with Crippen LogP contribution >= 0.6 is 0 Å². The van der Waals surface area contributed by atoms with E-state index in [4.69, 9.17) is 0 Å². The molecule has 0 saturated heterocycles. The summed E-state index contributed by atoms with van der Waals surface area (Å²) in [6.07, 6.45) is 10.4. The molecule has 8 heteroatoms. The first kappa shape index (κ1) is 19.4. The molecule has 1 atom stereocenters. The van der Waals surface area contributed by atoms with Crippen molar-refractivity contribution >= 4 is 16.8 Å². The molecule has 3 aromatic heterocycles. The Kier molecular flexibility index (Phi) is 5.51. The first-order chi connectivity index (χ1) is 14.0. The van der Waals surface area contributed by atoms with E-state index in [0.29, 0.717) is 29.1 Å². The van der Waals surface area contributed by atoms with Gasteiger partial charge in [0, 0.05) is 12.7 Å². The van der Waals surface area contributed by atoms with Crippen LogP contribution in [-0.4, -0.2) is 30.1 Å². The first-order valence-corrected chi connectivity index (χ1v) is 10.0. The fraction of sp³-hybridized carbons (Fsp3) is 0.476. The van der Waals surface area contributed by atoms with Gasteiger partial charge < -0.3 is 0 Å². The van der Waals surface area contributed by atoms with Crippen LogP contribution in [0.4, 0.5) is 4.39 Å². The van der Waals surface area contributed by atoms with Gasteiger partial charge in [-0.3, -0.25) is 23.8 Å². The summed E-state index contributed by atoms with van der Waals surface area (Å²) < 4.78 is 16.1. The highest BCUT2D eigenvalue weighted by molar-refractivity contribution is 5.85. The molecule has 3 aromatic rings. The van der Waals surface area contributed by atoms with Crippen LogP contribution in [0.15, 0.2) is 35.6 Å². The fourth-order valence-corrected chi connectivity index (χ4v) is 4.21. The minimum Gasteiger partial charge on any atom is -0.297 e. The van der Waals surface area contributed by atoms with Gasteiger partial charge >= 0.3 is 0 Å². The Morgan fingerprint density at radius 1 is 1.21 bits per heavy atom. The number of nitrogens with zero attached hydrogens (tertiary/aromatic N) is 5. The number of pyridine rings is 1. The average Bonchev–Trinajstić information content (AvgIpc) is 3.11. The van der Waals surface area contributed by atoms with Crippen LogP contribution in [0.1, 0.15) is 50.3 Å². The maximum Gasteiger partial charge on any atom is 0.265 e. The van der Waals surface area contributed by atoms with Gasteiger partial charge in [-0.15, -0.1) is 0 Å². The molecule has 0 radical (unpaired) electrons. The van der Waals surface area contributed by atoms with Crippen molar-refractivity contribution in [2.75, 3.05) is 0 Å². The van der Waals surface area contributed by atoms with Gasteiger partial charge in [0.1, 0.15) is 17.5 Å². The Hall–Kier alpha value is -2.90. The number of halogens is 1. The first-order valence-electron chi connectivity index (χ1n) is 10.0. The summed E-state index contributed by atoms with van der Waals surface area (Å²) >= 11 is 0. The molecule has 1 saturated carbocycles. The van der Waals surface area contributed by atoms with Gasteiger partial charge in [-0.2, -0.15) is 5.10 Å². The monoisotopic (exact) mass is 397 g/mol. The molecule has 0 N–H and O–H groups in total. The summed E-state index contributed by atoms with van der Waals surface area (Å²) in [5, 5.41) is 4.50. The van der Waals surface area contributed by atoms with Gasteiger partial charge in [0.25, 0.3) is 5.56 Å². The zero-order valence-electron chi connectivity index (χ0n) is 16.4. The van der Waals surface area contributed by atoms with Gasteiger partial charge in [-0.05, 0) is 24.5 Å². The summed E-state index contributed by atoms with van der Waals surface area (Å²) in [6, 6.07) is 2.19. The predicted octanol–water partition coefficient (Wildman–Crippen LogP) is 2.99. The number of Topliss-reactive ketones (excluding diaryl/α,β-unsaturated/α-hetero) is 1. The van der Waals surface area contributed by atoms with Gasteiger partial charge in [0.2, 0.25) is 0 Å². The van der Waals surface area contributed by atoms with E-state index in [0.717, 1.165) is 31.9 Å². The second-order valence-corrected chi connectivity index (χ2v) is 7.83. The second-order valence-electron chi connectivity index (χ2n) is 7.83. The van der Waals surface area contributed by atoms with E-state index < -0.39 is 11.9 Å². The Balaban J connectivity index is 1.67. The van der Waals surface area contributed by atoms with Crippen molar-refractivity contribution in [3.63, 3.8) is 0 Å². The lowest BCUT2D eigenvalue weighted by molar-refractivity contribution is -0.122. The normalized spacial score (nSPS) is 16.2.